The summed E-state index contributed by atoms with van der Waals surface area (Å²) in [6.07, 6.45) is 1.02. The smallest absolute Gasteiger partial charge is 0.293 e. The highest BCUT2D eigenvalue weighted by atomic mass is 79.9. The van der Waals surface area contributed by atoms with Gasteiger partial charge in [-0.05, 0) is 39.3 Å². The van der Waals surface area contributed by atoms with Gasteiger partial charge in [0.2, 0.25) is 0 Å². The quantitative estimate of drug-likeness (QED) is 0.599. The minimum absolute atomic E-state index is 0.141. The summed E-state index contributed by atoms with van der Waals surface area (Å²) in [6, 6.07) is 5.30. The molecule has 1 aromatic carbocycles. The molecule has 1 heterocycles. The summed E-state index contributed by atoms with van der Waals surface area (Å²) in [4.78, 5) is 15.6. The van der Waals surface area contributed by atoms with Gasteiger partial charge in [0.25, 0.3) is 5.69 Å². The molecule has 0 atom stereocenters. The molecule has 0 N–H and O–H groups in total. The van der Waals surface area contributed by atoms with Crippen LogP contribution in [-0.4, -0.2) is 41.5 Å². The zero-order valence-corrected chi connectivity index (χ0v) is 14.4. The molecule has 0 saturated carbocycles. The van der Waals surface area contributed by atoms with Crippen molar-refractivity contribution in [1.82, 2.24) is 4.90 Å². The molecule has 0 unspecified atom stereocenters. The molecule has 6 heteroatoms. The van der Waals surface area contributed by atoms with Crippen LogP contribution >= 0.6 is 15.9 Å². The highest BCUT2D eigenvalue weighted by molar-refractivity contribution is 9.10. The minimum atomic E-state index is -0.299. The van der Waals surface area contributed by atoms with Crippen molar-refractivity contribution in [3.05, 3.63) is 32.8 Å². The van der Waals surface area contributed by atoms with Crippen LogP contribution in [0.25, 0.3) is 0 Å². The number of anilines is 1. The fourth-order valence-corrected chi connectivity index (χ4v) is 3.09. The predicted molar refractivity (Wildman–Crippen MR) is 89.0 cm³/mol. The van der Waals surface area contributed by atoms with E-state index in [1.165, 1.54) is 0 Å². The first-order chi connectivity index (χ1) is 9.79. The summed E-state index contributed by atoms with van der Waals surface area (Å²) in [6.45, 7) is 10.3. The lowest BCUT2D eigenvalue weighted by atomic mass is 10.1. The van der Waals surface area contributed by atoms with Crippen LogP contribution in [0.15, 0.2) is 22.7 Å². The van der Waals surface area contributed by atoms with E-state index in [0.29, 0.717) is 0 Å². The number of nitrogens with zero attached hydrogens (tertiary/aromatic N) is 3. The molecule has 116 valence electrons. The van der Waals surface area contributed by atoms with Gasteiger partial charge in [0.1, 0.15) is 5.69 Å². The van der Waals surface area contributed by atoms with E-state index in [4.69, 9.17) is 0 Å². The molecule has 0 spiro atoms. The van der Waals surface area contributed by atoms with Gasteiger partial charge in [-0.2, -0.15) is 0 Å². The van der Waals surface area contributed by atoms with Crippen LogP contribution in [0, 0.1) is 10.1 Å². The molecule has 1 aliphatic rings. The van der Waals surface area contributed by atoms with Crippen molar-refractivity contribution in [3.8, 4) is 0 Å². The molecule has 1 aliphatic heterocycles. The van der Waals surface area contributed by atoms with E-state index in [-0.39, 0.29) is 16.1 Å². The fraction of sp³-hybridized carbons (Fsp3) is 0.600. The van der Waals surface area contributed by atoms with Gasteiger partial charge < -0.3 is 4.90 Å². The first-order valence-corrected chi connectivity index (χ1v) is 8.02. The fourth-order valence-electron chi connectivity index (χ4n) is 2.74. The first kappa shape index (κ1) is 16.2. The van der Waals surface area contributed by atoms with E-state index in [2.05, 4.69) is 46.5 Å². The molecular weight excluding hydrogens is 334 g/mol. The largest absolute Gasteiger partial charge is 0.365 e. The third-order valence-electron chi connectivity index (χ3n) is 3.92. The Balaban J connectivity index is 2.22. The van der Waals surface area contributed by atoms with Gasteiger partial charge in [-0.15, -0.1) is 0 Å². The molecule has 1 saturated heterocycles. The number of nitro benzene ring substituents is 1. The van der Waals surface area contributed by atoms with Crippen LogP contribution in [0.1, 0.15) is 27.2 Å². The van der Waals surface area contributed by atoms with E-state index in [1.807, 2.05) is 12.1 Å². The number of nitro groups is 1. The van der Waals surface area contributed by atoms with Gasteiger partial charge in [0.15, 0.2) is 0 Å². The Morgan fingerprint density at radius 1 is 1.19 bits per heavy atom. The zero-order chi connectivity index (χ0) is 15.6. The topological polar surface area (TPSA) is 49.6 Å². The highest BCUT2D eigenvalue weighted by Crippen LogP contribution is 2.32. The number of benzene rings is 1. The van der Waals surface area contributed by atoms with Crippen LogP contribution in [0.4, 0.5) is 11.4 Å². The summed E-state index contributed by atoms with van der Waals surface area (Å²) in [7, 11) is 0. The van der Waals surface area contributed by atoms with Crippen LogP contribution in [0.5, 0.6) is 0 Å². The molecule has 0 amide bonds. The second-order valence-electron chi connectivity index (χ2n) is 6.39. The first-order valence-electron chi connectivity index (χ1n) is 7.23. The maximum Gasteiger partial charge on any atom is 0.293 e. The van der Waals surface area contributed by atoms with Crippen molar-refractivity contribution >= 4 is 27.3 Å². The van der Waals surface area contributed by atoms with Crippen molar-refractivity contribution in [2.45, 2.75) is 32.7 Å². The molecule has 0 bridgehead atoms. The van der Waals surface area contributed by atoms with E-state index in [9.17, 15) is 10.1 Å². The number of hydrogen-bond donors (Lipinski definition) is 0. The van der Waals surface area contributed by atoms with Gasteiger partial charge in [-0.25, -0.2) is 0 Å². The molecule has 21 heavy (non-hydrogen) atoms. The Hall–Kier alpha value is -1.14. The standard InChI is InChI=1S/C15H22BrN3O2/c1-15(2,3)18-8-4-7-17(9-10-18)13-6-5-12(16)11-14(13)19(20)21/h5-6,11H,4,7-10H2,1-3H3. The SMILES string of the molecule is CC(C)(C)N1CCCN(c2ccc(Br)cc2[N+](=O)[O-])CC1. The third-order valence-corrected chi connectivity index (χ3v) is 4.41. The maximum absolute atomic E-state index is 11.3. The second-order valence-corrected chi connectivity index (χ2v) is 7.30. The van der Waals surface area contributed by atoms with Crippen LogP contribution in [-0.2, 0) is 0 Å². The Bertz CT molecular complexity index is 528. The van der Waals surface area contributed by atoms with E-state index in [0.717, 1.165) is 42.8 Å². The normalized spacial score (nSPS) is 17.6. The summed E-state index contributed by atoms with van der Waals surface area (Å²) >= 11 is 3.31. The van der Waals surface area contributed by atoms with Crippen molar-refractivity contribution in [3.63, 3.8) is 0 Å². The zero-order valence-electron chi connectivity index (χ0n) is 12.8. The van der Waals surface area contributed by atoms with Crippen molar-refractivity contribution < 1.29 is 4.92 Å². The Kier molecular flexibility index (Phi) is 4.88. The van der Waals surface area contributed by atoms with Gasteiger partial charge in [-0.3, -0.25) is 15.0 Å². The van der Waals surface area contributed by atoms with Crippen molar-refractivity contribution in [2.24, 2.45) is 0 Å². The molecule has 1 aromatic rings. The second kappa shape index (κ2) is 6.32. The predicted octanol–water partition coefficient (Wildman–Crippen LogP) is 3.67. The van der Waals surface area contributed by atoms with Crippen molar-refractivity contribution in [1.29, 1.82) is 0 Å². The summed E-state index contributed by atoms with van der Waals surface area (Å²) in [5.41, 5.74) is 1.04. The molecule has 0 aromatic heterocycles. The molecule has 0 aliphatic carbocycles. The van der Waals surface area contributed by atoms with Crippen LogP contribution in [0.3, 0.4) is 0 Å². The van der Waals surface area contributed by atoms with Gasteiger partial charge in [-0.1, -0.05) is 15.9 Å². The molecule has 2 rings (SSSR count). The Morgan fingerprint density at radius 2 is 1.90 bits per heavy atom. The molecule has 5 nitrogen and oxygen atoms in total. The Morgan fingerprint density at radius 3 is 2.52 bits per heavy atom. The van der Waals surface area contributed by atoms with Gasteiger partial charge in [0, 0.05) is 42.3 Å². The number of hydrogen-bond acceptors (Lipinski definition) is 4. The summed E-state index contributed by atoms with van der Waals surface area (Å²) in [5.74, 6) is 0. The molecular formula is C15H22BrN3O2. The Labute approximate surface area is 134 Å². The average Bonchev–Trinajstić information content (AvgIpc) is 2.63. The molecule has 1 fully saturated rings. The van der Waals surface area contributed by atoms with Crippen LogP contribution < -0.4 is 4.90 Å². The van der Waals surface area contributed by atoms with Gasteiger partial charge >= 0.3 is 0 Å². The summed E-state index contributed by atoms with van der Waals surface area (Å²) < 4.78 is 0.740. The van der Waals surface area contributed by atoms with E-state index < -0.39 is 0 Å². The van der Waals surface area contributed by atoms with E-state index >= 15 is 0 Å². The minimum Gasteiger partial charge on any atom is -0.365 e. The number of halogens is 1. The molecule has 0 radical (unpaired) electrons. The third kappa shape index (κ3) is 3.95. The highest BCUT2D eigenvalue weighted by Gasteiger charge is 2.26. The van der Waals surface area contributed by atoms with Crippen molar-refractivity contribution in [2.75, 3.05) is 31.1 Å². The lowest BCUT2D eigenvalue weighted by Gasteiger charge is -2.34. The lowest BCUT2D eigenvalue weighted by molar-refractivity contribution is -0.384. The number of rotatable bonds is 2. The lowest BCUT2D eigenvalue weighted by Crippen LogP contribution is -2.43. The van der Waals surface area contributed by atoms with Crippen LogP contribution in [0.2, 0.25) is 0 Å². The monoisotopic (exact) mass is 355 g/mol. The maximum atomic E-state index is 11.3. The van der Waals surface area contributed by atoms with E-state index in [1.54, 1.807) is 6.07 Å². The van der Waals surface area contributed by atoms with Gasteiger partial charge in [0.05, 0.1) is 4.92 Å². The summed E-state index contributed by atoms with van der Waals surface area (Å²) in [5, 5.41) is 11.3. The average molecular weight is 356 g/mol.